The predicted molar refractivity (Wildman–Crippen MR) is 87.8 cm³/mol. The summed E-state index contributed by atoms with van der Waals surface area (Å²) in [5.74, 6) is -0.153. The molecule has 0 radical (unpaired) electrons. The van der Waals surface area contributed by atoms with Gasteiger partial charge in [0.05, 0.1) is 0 Å². The van der Waals surface area contributed by atoms with Crippen molar-refractivity contribution in [2.24, 2.45) is 0 Å². The molecule has 2 aromatic rings. The maximum atomic E-state index is 12.1. The van der Waals surface area contributed by atoms with E-state index >= 15 is 0 Å². The van der Waals surface area contributed by atoms with Gasteiger partial charge in [-0.15, -0.1) is 0 Å². The maximum Gasteiger partial charge on any atom is 0.336 e. The number of aryl methyl sites for hydroxylation is 2. The van der Waals surface area contributed by atoms with Crippen molar-refractivity contribution in [1.82, 2.24) is 5.32 Å². The molecule has 1 fully saturated rings. The van der Waals surface area contributed by atoms with Crippen LogP contribution in [0.25, 0.3) is 11.0 Å². The molecule has 1 aromatic heterocycles. The van der Waals surface area contributed by atoms with Crippen LogP contribution in [0.4, 0.5) is 0 Å². The van der Waals surface area contributed by atoms with E-state index in [1.807, 2.05) is 13.8 Å². The Balaban J connectivity index is 1.95. The van der Waals surface area contributed by atoms with Crippen LogP contribution in [0.5, 0.6) is 0 Å². The van der Waals surface area contributed by atoms with Crippen LogP contribution < -0.4 is 10.9 Å². The number of nitrogens with one attached hydrogen (secondary N) is 1. The minimum Gasteiger partial charge on any atom is -0.423 e. The third kappa shape index (κ3) is 3.12. The Morgan fingerprint density at radius 3 is 2.87 bits per heavy atom. The number of ether oxygens (including phenoxy) is 1. The molecule has 6 heteroatoms. The van der Waals surface area contributed by atoms with Gasteiger partial charge in [0.15, 0.2) is 0 Å². The highest BCUT2D eigenvalue weighted by molar-refractivity contribution is 6.33. The normalized spacial score (nSPS) is 17.6. The van der Waals surface area contributed by atoms with E-state index in [-0.39, 0.29) is 12.5 Å². The zero-order valence-electron chi connectivity index (χ0n) is 13.1. The molecule has 2 heterocycles. The summed E-state index contributed by atoms with van der Waals surface area (Å²) >= 11 is 6.31. The van der Waals surface area contributed by atoms with Crippen LogP contribution in [-0.2, 0) is 16.1 Å². The van der Waals surface area contributed by atoms with Gasteiger partial charge in [0, 0.05) is 29.6 Å². The number of hydrogen-bond acceptors (Lipinski definition) is 4. The molecule has 23 heavy (non-hydrogen) atoms. The second-order valence-corrected chi connectivity index (χ2v) is 6.19. The van der Waals surface area contributed by atoms with Crippen molar-refractivity contribution >= 4 is 28.5 Å². The van der Waals surface area contributed by atoms with Crippen molar-refractivity contribution in [2.75, 3.05) is 6.61 Å². The topological polar surface area (TPSA) is 68.5 Å². The second-order valence-electron chi connectivity index (χ2n) is 5.82. The third-order valence-electron chi connectivity index (χ3n) is 4.14. The number of fused-ring (bicyclic) bond motifs is 1. The lowest BCUT2D eigenvalue weighted by atomic mass is 10.0. The van der Waals surface area contributed by atoms with E-state index in [1.165, 1.54) is 6.07 Å². The van der Waals surface area contributed by atoms with Gasteiger partial charge in [-0.05, 0) is 49.4 Å². The average Bonchev–Trinajstić information content (AvgIpc) is 3.04. The van der Waals surface area contributed by atoms with Crippen molar-refractivity contribution in [3.05, 3.63) is 44.3 Å². The Kier molecular flexibility index (Phi) is 4.41. The second kappa shape index (κ2) is 6.34. The minimum atomic E-state index is -0.444. The van der Waals surface area contributed by atoms with Gasteiger partial charge in [-0.25, -0.2) is 4.79 Å². The van der Waals surface area contributed by atoms with E-state index in [9.17, 15) is 9.59 Å². The molecule has 1 aromatic carbocycles. The first-order valence-electron chi connectivity index (χ1n) is 7.59. The number of halogens is 1. The summed E-state index contributed by atoms with van der Waals surface area (Å²) in [6.45, 7) is 4.59. The Morgan fingerprint density at radius 1 is 1.39 bits per heavy atom. The first-order chi connectivity index (χ1) is 11.0. The highest BCUT2D eigenvalue weighted by atomic mass is 35.5. The minimum absolute atomic E-state index is 0.153. The van der Waals surface area contributed by atoms with Crippen molar-refractivity contribution in [3.63, 3.8) is 0 Å². The van der Waals surface area contributed by atoms with Crippen LogP contribution in [0.15, 0.2) is 21.3 Å². The van der Waals surface area contributed by atoms with Gasteiger partial charge in [-0.1, -0.05) is 11.6 Å². The van der Waals surface area contributed by atoms with E-state index < -0.39 is 11.7 Å². The van der Waals surface area contributed by atoms with E-state index in [2.05, 4.69) is 5.32 Å². The lowest BCUT2D eigenvalue weighted by Gasteiger charge is -2.13. The quantitative estimate of drug-likeness (QED) is 0.876. The smallest absolute Gasteiger partial charge is 0.336 e. The van der Waals surface area contributed by atoms with Crippen LogP contribution in [-0.4, -0.2) is 18.6 Å². The standard InChI is InChI=1S/C17H18ClNO4/c1-9-6-13-15(10(2)16(9)18)11(7-14(20)23-13)8-19-17(21)12-4-3-5-22-12/h6-7,12H,3-5,8H2,1-2H3,(H,19,21). The van der Waals surface area contributed by atoms with Crippen molar-refractivity contribution in [1.29, 1.82) is 0 Å². The molecule has 1 amide bonds. The zero-order valence-corrected chi connectivity index (χ0v) is 13.8. The Morgan fingerprint density at radius 2 is 2.17 bits per heavy atom. The van der Waals surface area contributed by atoms with E-state index in [1.54, 1.807) is 6.07 Å². The molecule has 0 aliphatic carbocycles. The lowest BCUT2D eigenvalue weighted by molar-refractivity contribution is -0.130. The Labute approximate surface area is 138 Å². The van der Waals surface area contributed by atoms with Gasteiger partial charge in [-0.3, -0.25) is 4.79 Å². The third-order valence-corrected chi connectivity index (χ3v) is 4.72. The van der Waals surface area contributed by atoms with Gasteiger partial charge in [0.25, 0.3) is 0 Å². The number of carbonyl (C=O) groups is 1. The van der Waals surface area contributed by atoms with E-state index in [4.69, 9.17) is 20.8 Å². The van der Waals surface area contributed by atoms with Crippen LogP contribution in [0.3, 0.4) is 0 Å². The van der Waals surface area contributed by atoms with E-state index in [0.717, 1.165) is 29.4 Å². The summed E-state index contributed by atoms with van der Waals surface area (Å²) in [6, 6.07) is 3.15. The molecule has 1 aliphatic rings. The first-order valence-corrected chi connectivity index (χ1v) is 7.97. The van der Waals surface area contributed by atoms with Crippen molar-refractivity contribution in [2.45, 2.75) is 39.3 Å². The molecule has 1 atom stereocenters. The molecule has 1 saturated heterocycles. The summed E-state index contributed by atoms with van der Waals surface area (Å²) in [4.78, 5) is 23.9. The Hall–Kier alpha value is -1.85. The number of hydrogen-bond donors (Lipinski definition) is 1. The largest absolute Gasteiger partial charge is 0.423 e. The summed E-state index contributed by atoms with van der Waals surface area (Å²) in [5.41, 5.74) is 2.42. The highest BCUT2D eigenvalue weighted by Gasteiger charge is 2.23. The molecular weight excluding hydrogens is 318 g/mol. The fourth-order valence-electron chi connectivity index (χ4n) is 2.97. The Bertz CT molecular complexity index is 821. The zero-order chi connectivity index (χ0) is 16.6. The lowest BCUT2D eigenvalue weighted by Crippen LogP contribution is -2.33. The van der Waals surface area contributed by atoms with Gasteiger partial charge in [0.2, 0.25) is 5.91 Å². The predicted octanol–water partition coefficient (Wildman–Crippen LogP) is 2.86. The average molecular weight is 336 g/mol. The van der Waals surface area contributed by atoms with Crippen molar-refractivity contribution in [3.8, 4) is 0 Å². The number of rotatable bonds is 3. The molecule has 1 aliphatic heterocycles. The van der Waals surface area contributed by atoms with Crippen LogP contribution in [0, 0.1) is 13.8 Å². The summed E-state index contributed by atoms with van der Waals surface area (Å²) in [5, 5.41) is 4.24. The van der Waals surface area contributed by atoms with E-state index in [0.29, 0.717) is 22.8 Å². The number of carbonyl (C=O) groups excluding carboxylic acids is 1. The molecule has 0 bridgehead atoms. The molecule has 1 unspecified atom stereocenters. The highest BCUT2D eigenvalue weighted by Crippen LogP contribution is 2.30. The molecule has 0 spiro atoms. The molecular formula is C17H18ClNO4. The molecule has 3 rings (SSSR count). The van der Waals surface area contributed by atoms with Gasteiger partial charge < -0.3 is 14.5 Å². The fraction of sp³-hybridized carbons (Fsp3) is 0.412. The fourth-order valence-corrected chi connectivity index (χ4v) is 3.12. The van der Waals surface area contributed by atoms with Gasteiger partial charge in [0.1, 0.15) is 11.7 Å². The SMILES string of the molecule is Cc1cc2oc(=O)cc(CNC(=O)C3CCCO3)c2c(C)c1Cl. The van der Waals surface area contributed by atoms with Crippen LogP contribution >= 0.6 is 11.6 Å². The summed E-state index contributed by atoms with van der Waals surface area (Å²) in [6.07, 6.45) is 1.23. The maximum absolute atomic E-state index is 12.1. The van der Waals surface area contributed by atoms with Crippen LogP contribution in [0.2, 0.25) is 5.02 Å². The molecule has 122 valence electrons. The molecule has 0 saturated carbocycles. The molecule has 1 N–H and O–H groups in total. The van der Waals surface area contributed by atoms with Gasteiger partial charge in [-0.2, -0.15) is 0 Å². The van der Waals surface area contributed by atoms with Crippen LogP contribution in [0.1, 0.15) is 29.5 Å². The molecule has 5 nitrogen and oxygen atoms in total. The van der Waals surface area contributed by atoms with Crippen molar-refractivity contribution < 1.29 is 13.9 Å². The summed E-state index contributed by atoms with van der Waals surface area (Å²) in [7, 11) is 0. The first kappa shape index (κ1) is 16.0. The number of benzene rings is 1. The van der Waals surface area contributed by atoms with Gasteiger partial charge >= 0.3 is 5.63 Å². The number of amides is 1. The summed E-state index contributed by atoms with van der Waals surface area (Å²) < 4.78 is 10.6. The monoisotopic (exact) mass is 335 g/mol.